The van der Waals surface area contributed by atoms with Crippen molar-refractivity contribution >= 4 is 17.2 Å². The largest absolute Gasteiger partial charge is 0.433 e. The summed E-state index contributed by atoms with van der Waals surface area (Å²) in [5.74, 6) is -0.302. The highest BCUT2D eigenvalue weighted by Crippen LogP contribution is 2.37. The van der Waals surface area contributed by atoms with Gasteiger partial charge < -0.3 is 4.90 Å². The monoisotopic (exact) mass is 508 g/mol. The zero-order valence-electron chi connectivity index (χ0n) is 20.2. The molecule has 192 valence electrons. The van der Waals surface area contributed by atoms with Crippen molar-refractivity contribution in [3.8, 4) is 11.1 Å². The number of Topliss-reactive ketones (excluding diaryl/α,β-unsaturated/α-hetero) is 1. The lowest BCUT2D eigenvalue weighted by molar-refractivity contribution is -0.141. The third-order valence-electron chi connectivity index (χ3n) is 5.90. The molecule has 36 heavy (non-hydrogen) atoms. The number of nitrogens with zero attached hydrogens (tertiary/aromatic N) is 2. The van der Waals surface area contributed by atoms with Crippen LogP contribution in [0.5, 0.6) is 0 Å². The summed E-state index contributed by atoms with van der Waals surface area (Å²) in [6.45, 7) is 5.45. The molecule has 1 heterocycles. The molecule has 0 aliphatic rings. The van der Waals surface area contributed by atoms with E-state index in [0.29, 0.717) is 34.5 Å². The molecule has 1 atom stereocenters. The van der Waals surface area contributed by atoms with Crippen molar-refractivity contribution in [2.75, 3.05) is 11.9 Å². The highest BCUT2D eigenvalue weighted by molar-refractivity contribution is 5.85. The molecule has 1 aromatic heterocycles. The van der Waals surface area contributed by atoms with Crippen molar-refractivity contribution in [3.05, 3.63) is 77.6 Å². The Bertz CT molecular complexity index is 1200. The Hall–Kier alpha value is -3.36. The van der Waals surface area contributed by atoms with E-state index < -0.39 is 29.5 Å². The Kier molecular flexibility index (Phi) is 7.81. The van der Waals surface area contributed by atoms with Crippen LogP contribution in [0.4, 0.5) is 37.7 Å². The smallest absolute Gasteiger partial charge is 0.343 e. The summed E-state index contributed by atoms with van der Waals surface area (Å²) in [6, 6.07) is 12.1. The number of alkyl halides is 6. The Morgan fingerprint density at radius 1 is 0.861 bits per heavy atom. The molecule has 1 unspecified atom stereocenters. The van der Waals surface area contributed by atoms with Crippen LogP contribution in [-0.2, 0) is 17.1 Å². The van der Waals surface area contributed by atoms with Gasteiger partial charge in [-0.2, -0.15) is 26.3 Å². The van der Waals surface area contributed by atoms with E-state index in [9.17, 15) is 31.1 Å². The molecule has 0 radical (unpaired) electrons. The minimum absolute atomic E-state index is 0.0573. The fourth-order valence-electron chi connectivity index (χ4n) is 3.96. The van der Waals surface area contributed by atoms with Crippen LogP contribution < -0.4 is 4.90 Å². The molecule has 3 aromatic rings. The summed E-state index contributed by atoms with van der Waals surface area (Å²) in [6.07, 6.45) is -7.38. The van der Waals surface area contributed by atoms with Gasteiger partial charge in [0.2, 0.25) is 0 Å². The van der Waals surface area contributed by atoms with Gasteiger partial charge in [-0.3, -0.25) is 4.79 Å². The van der Waals surface area contributed by atoms with Gasteiger partial charge in [0.05, 0.1) is 17.4 Å². The number of pyridine rings is 1. The normalized spacial score (nSPS) is 13.1. The van der Waals surface area contributed by atoms with Crippen LogP contribution in [0.2, 0.25) is 0 Å². The predicted molar refractivity (Wildman–Crippen MR) is 127 cm³/mol. The van der Waals surface area contributed by atoms with Crippen molar-refractivity contribution in [2.24, 2.45) is 5.92 Å². The molecule has 0 spiro atoms. The predicted octanol–water partition coefficient (Wildman–Crippen LogP) is 8.27. The molecule has 0 fully saturated rings. The molecule has 0 aliphatic carbocycles. The molecule has 0 amide bonds. The lowest BCUT2D eigenvalue weighted by Crippen LogP contribution is -2.15. The van der Waals surface area contributed by atoms with Gasteiger partial charge in [-0.25, -0.2) is 4.98 Å². The van der Waals surface area contributed by atoms with E-state index in [-0.39, 0.29) is 11.7 Å². The lowest BCUT2D eigenvalue weighted by Gasteiger charge is -2.24. The van der Waals surface area contributed by atoms with E-state index in [1.54, 1.807) is 30.1 Å². The molecule has 0 N–H and O–H groups in total. The minimum Gasteiger partial charge on any atom is -0.343 e. The third kappa shape index (κ3) is 6.44. The number of anilines is 2. The van der Waals surface area contributed by atoms with E-state index in [0.717, 1.165) is 24.4 Å². The van der Waals surface area contributed by atoms with Crippen LogP contribution in [0.1, 0.15) is 49.9 Å². The second kappa shape index (κ2) is 10.3. The molecule has 9 heteroatoms. The van der Waals surface area contributed by atoms with Crippen molar-refractivity contribution < 1.29 is 31.1 Å². The van der Waals surface area contributed by atoms with Crippen LogP contribution in [0, 0.1) is 5.92 Å². The summed E-state index contributed by atoms with van der Waals surface area (Å²) in [5, 5.41) is 0. The van der Waals surface area contributed by atoms with Gasteiger partial charge in [-0.05, 0) is 72.4 Å². The fraction of sp³-hybridized carbons (Fsp3) is 0.333. The molecule has 0 saturated carbocycles. The van der Waals surface area contributed by atoms with Crippen molar-refractivity contribution in [2.45, 2.75) is 45.5 Å². The van der Waals surface area contributed by atoms with E-state index in [4.69, 9.17) is 0 Å². The first-order valence-electron chi connectivity index (χ1n) is 11.3. The van der Waals surface area contributed by atoms with Gasteiger partial charge >= 0.3 is 12.4 Å². The summed E-state index contributed by atoms with van der Waals surface area (Å²) in [7, 11) is 1.64. The molecule has 2 aromatic carbocycles. The lowest BCUT2D eigenvalue weighted by atomic mass is 9.85. The van der Waals surface area contributed by atoms with Crippen LogP contribution in [0.3, 0.4) is 0 Å². The maximum absolute atomic E-state index is 13.0. The summed E-state index contributed by atoms with van der Waals surface area (Å²) in [4.78, 5) is 17.6. The highest BCUT2D eigenvalue weighted by atomic mass is 19.4. The molecule has 3 nitrogen and oxygen atoms in total. The SMILES string of the molecule is CC(=O)C(CC(C)C)c1cc(-c2ccc(C(F)(F)F)cc2)cc(N(C)c2ccc(C(F)(F)F)nc2)c1. The molecular formula is C27H26F6N2O. The average molecular weight is 509 g/mol. The maximum Gasteiger partial charge on any atom is 0.433 e. The van der Waals surface area contributed by atoms with Crippen LogP contribution >= 0.6 is 0 Å². The summed E-state index contributed by atoms with van der Waals surface area (Å²) < 4.78 is 77.9. The molecule has 0 bridgehead atoms. The number of carbonyl (C=O) groups is 1. The molecule has 0 aliphatic heterocycles. The molecular weight excluding hydrogens is 482 g/mol. The van der Waals surface area contributed by atoms with E-state index in [1.807, 2.05) is 13.8 Å². The standard InChI is InChI=1S/C27H26F6N2O/c1-16(2)11-24(17(3)36)20-12-19(18-5-7-21(8-6-18)26(28,29)30)13-23(14-20)35(4)22-9-10-25(34-15-22)27(31,32)33/h5-10,12-16,24H,11H2,1-4H3. The van der Waals surface area contributed by atoms with Crippen LogP contribution in [0.25, 0.3) is 11.1 Å². The number of aromatic nitrogens is 1. The number of hydrogen-bond acceptors (Lipinski definition) is 3. The van der Waals surface area contributed by atoms with Gasteiger partial charge in [0, 0.05) is 18.7 Å². The third-order valence-corrected chi connectivity index (χ3v) is 5.90. The first-order chi connectivity index (χ1) is 16.7. The fourth-order valence-corrected chi connectivity index (χ4v) is 3.96. The Balaban J connectivity index is 2.11. The topological polar surface area (TPSA) is 33.2 Å². The zero-order chi connectivity index (χ0) is 26.8. The van der Waals surface area contributed by atoms with E-state index >= 15 is 0 Å². The quantitative estimate of drug-likeness (QED) is 0.301. The summed E-state index contributed by atoms with van der Waals surface area (Å²) >= 11 is 0. The zero-order valence-corrected chi connectivity index (χ0v) is 20.2. The number of benzene rings is 2. The average Bonchev–Trinajstić information content (AvgIpc) is 2.80. The summed E-state index contributed by atoms with van der Waals surface area (Å²) in [5.41, 5.74) is 0.898. The van der Waals surface area contributed by atoms with Gasteiger partial charge in [0.25, 0.3) is 0 Å². The number of carbonyl (C=O) groups excluding carboxylic acids is 1. The highest BCUT2D eigenvalue weighted by Gasteiger charge is 2.32. The Morgan fingerprint density at radius 3 is 1.97 bits per heavy atom. The number of ketones is 1. The van der Waals surface area contributed by atoms with Gasteiger partial charge in [0.1, 0.15) is 11.5 Å². The van der Waals surface area contributed by atoms with Crippen molar-refractivity contribution in [1.29, 1.82) is 0 Å². The van der Waals surface area contributed by atoms with Gasteiger partial charge in [-0.15, -0.1) is 0 Å². The number of rotatable bonds is 7. The Morgan fingerprint density at radius 2 is 1.50 bits per heavy atom. The minimum atomic E-state index is -4.57. The molecule has 3 rings (SSSR count). The van der Waals surface area contributed by atoms with E-state index in [2.05, 4.69) is 4.98 Å². The van der Waals surface area contributed by atoms with Gasteiger partial charge in [-0.1, -0.05) is 32.0 Å². The maximum atomic E-state index is 13.0. The second-order valence-electron chi connectivity index (χ2n) is 9.14. The van der Waals surface area contributed by atoms with Crippen molar-refractivity contribution in [1.82, 2.24) is 4.98 Å². The van der Waals surface area contributed by atoms with Crippen LogP contribution in [0.15, 0.2) is 60.8 Å². The first kappa shape index (κ1) is 27.2. The number of halogens is 6. The first-order valence-corrected chi connectivity index (χ1v) is 11.3. The molecule has 0 saturated heterocycles. The number of hydrogen-bond donors (Lipinski definition) is 0. The Labute approximate surface area is 205 Å². The van der Waals surface area contributed by atoms with Gasteiger partial charge in [0.15, 0.2) is 0 Å². The van der Waals surface area contributed by atoms with Crippen LogP contribution in [-0.4, -0.2) is 17.8 Å². The van der Waals surface area contributed by atoms with Crippen molar-refractivity contribution in [3.63, 3.8) is 0 Å². The van der Waals surface area contributed by atoms with E-state index in [1.165, 1.54) is 25.1 Å². The second-order valence-corrected chi connectivity index (χ2v) is 9.14.